The molecule has 2 nitrogen and oxygen atoms in total. The molecule has 17 heavy (non-hydrogen) atoms. The largest absolute Gasteiger partial charge is 0.370 e. The Kier molecular flexibility index (Phi) is 3.43. The van der Waals surface area contributed by atoms with Crippen molar-refractivity contribution in [3.8, 4) is 0 Å². The van der Waals surface area contributed by atoms with E-state index in [1.807, 2.05) is 12.1 Å². The predicted octanol–water partition coefficient (Wildman–Crippen LogP) is 3.78. The molecule has 0 aliphatic carbocycles. The Balaban J connectivity index is 2.30. The normalized spacial score (nSPS) is 19.1. The molecule has 1 saturated heterocycles. The van der Waals surface area contributed by atoms with Gasteiger partial charge in [-0.3, -0.25) is 4.79 Å². The first kappa shape index (κ1) is 12.4. The van der Waals surface area contributed by atoms with Crippen molar-refractivity contribution in [1.82, 2.24) is 0 Å². The number of aldehydes is 1. The number of benzene rings is 1. The smallest absolute Gasteiger partial charge is 0.152 e. The summed E-state index contributed by atoms with van der Waals surface area (Å²) >= 11 is 5.91. The Morgan fingerprint density at radius 3 is 2.82 bits per heavy atom. The Morgan fingerprint density at radius 1 is 1.41 bits per heavy atom. The number of hydrogen-bond acceptors (Lipinski definition) is 2. The van der Waals surface area contributed by atoms with Gasteiger partial charge in [0.15, 0.2) is 6.29 Å². The number of nitrogens with zero attached hydrogens (tertiary/aromatic N) is 1. The Bertz CT molecular complexity index is 428. The molecule has 3 heteroatoms. The zero-order valence-corrected chi connectivity index (χ0v) is 11.1. The van der Waals surface area contributed by atoms with Crippen molar-refractivity contribution in [3.05, 3.63) is 28.8 Å². The lowest BCUT2D eigenvalue weighted by Crippen LogP contribution is -2.40. The minimum atomic E-state index is 0.318. The Labute approximate surface area is 108 Å². The molecule has 0 N–H and O–H groups in total. The molecule has 0 atom stereocenters. The van der Waals surface area contributed by atoms with Gasteiger partial charge in [-0.05, 0) is 36.5 Å². The van der Waals surface area contributed by atoms with Gasteiger partial charge >= 0.3 is 0 Å². The second-order valence-electron chi connectivity index (χ2n) is 5.51. The third kappa shape index (κ3) is 2.81. The van der Waals surface area contributed by atoms with Crippen LogP contribution in [-0.2, 0) is 0 Å². The van der Waals surface area contributed by atoms with Crippen molar-refractivity contribution in [1.29, 1.82) is 0 Å². The lowest BCUT2D eigenvalue weighted by atomic mass is 9.84. The molecule has 1 fully saturated rings. The molecule has 1 aromatic rings. The molecule has 0 spiro atoms. The maximum atomic E-state index is 11.1. The van der Waals surface area contributed by atoms with Gasteiger partial charge in [0.05, 0.1) is 0 Å². The minimum absolute atomic E-state index is 0.318. The number of halogens is 1. The number of piperidine rings is 1. The number of hydrogen-bond donors (Lipinski definition) is 0. The average molecular weight is 252 g/mol. The molecule has 2 rings (SSSR count). The first-order valence-corrected chi connectivity index (χ1v) is 6.39. The van der Waals surface area contributed by atoms with Crippen molar-refractivity contribution in [2.75, 3.05) is 18.0 Å². The van der Waals surface area contributed by atoms with E-state index in [0.29, 0.717) is 16.0 Å². The van der Waals surface area contributed by atoms with Crippen LogP contribution in [0.15, 0.2) is 18.2 Å². The first-order chi connectivity index (χ1) is 8.02. The molecule has 0 radical (unpaired) electrons. The number of carbonyl (C=O) groups excluding carboxylic acids is 1. The van der Waals surface area contributed by atoms with Crippen molar-refractivity contribution < 1.29 is 4.79 Å². The third-order valence-electron chi connectivity index (χ3n) is 3.36. The van der Waals surface area contributed by atoms with Crippen LogP contribution in [0.5, 0.6) is 0 Å². The van der Waals surface area contributed by atoms with E-state index < -0.39 is 0 Å². The van der Waals surface area contributed by atoms with Crippen LogP contribution in [0.1, 0.15) is 37.0 Å². The third-order valence-corrected chi connectivity index (χ3v) is 3.59. The van der Waals surface area contributed by atoms with Gasteiger partial charge in [-0.25, -0.2) is 0 Å². The number of carbonyl (C=O) groups is 1. The summed E-state index contributed by atoms with van der Waals surface area (Å²) in [7, 11) is 0. The average Bonchev–Trinajstić information content (AvgIpc) is 2.27. The standard InChI is InChI=1S/C14H18ClNO/c1-14(2)6-3-7-16(10-14)13-5-4-12(15)8-11(13)9-17/h4-5,8-9H,3,6-7,10H2,1-2H3. The topological polar surface area (TPSA) is 20.3 Å². The van der Waals surface area contributed by atoms with E-state index in [0.717, 1.165) is 25.1 Å². The highest BCUT2D eigenvalue weighted by Gasteiger charge is 2.27. The van der Waals surface area contributed by atoms with Crippen molar-refractivity contribution >= 4 is 23.6 Å². The van der Waals surface area contributed by atoms with E-state index in [4.69, 9.17) is 11.6 Å². The molecule has 1 aliphatic rings. The molecular weight excluding hydrogens is 234 g/mol. The quantitative estimate of drug-likeness (QED) is 0.746. The highest BCUT2D eigenvalue weighted by molar-refractivity contribution is 6.31. The summed E-state index contributed by atoms with van der Waals surface area (Å²) in [5.74, 6) is 0. The molecule has 0 bridgehead atoms. The minimum Gasteiger partial charge on any atom is -0.370 e. The summed E-state index contributed by atoms with van der Waals surface area (Å²) in [6.07, 6.45) is 3.31. The molecular formula is C14H18ClNO. The Morgan fingerprint density at radius 2 is 2.18 bits per heavy atom. The zero-order valence-electron chi connectivity index (χ0n) is 10.4. The molecule has 1 heterocycles. The van der Waals surface area contributed by atoms with Crippen LogP contribution in [0.3, 0.4) is 0 Å². The molecule has 0 unspecified atom stereocenters. The summed E-state index contributed by atoms with van der Waals surface area (Å²) in [5.41, 5.74) is 2.02. The van der Waals surface area contributed by atoms with Gasteiger partial charge in [-0.1, -0.05) is 25.4 Å². The monoisotopic (exact) mass is 251 g/mol. The molecule has 0 amide bonds. The fourth-order valence-corrected chi connectivity index (χ4v) is 2.72. The maximum Gasteiger partial charge on any atom is 0.152 e. The highest BCUT2D eigenvalue weighted by Crippen LogP contribution is 2.33. The van der Waals surface area contributed by atoms with Gasteiger partial charge in [-0.15, -0.1) is 0 Å². The number of anilines is 1. The van der Waals surface area contributed by atoms with E-state index in [1.54, 1.807) is 6.07 Å². The van der Waals surface area contributed by atoms with Crippen molar-refractivity contribution in [2.45, 2.75) is 26.7 Å². The second kappa shape index (κ2) is 4.69. The van der Waals surface area contributed by atoms with Crippen LogP contribution in [-0.4, -0.2) is 19.4 Å². The van der Waals surface area contributed by atoms with Crippen LogP contribution >= 0.6 is 11.6 Å². The zero-order chi connectivity index (χ0) is 12.5. The summed E-state index contributed by atoms with van der Waals surface area (Å²) in [4.78, 5) is 13.4. The van der Waals surface area contributed by atoms with Crippen LogP contribution < -0.4 is 4.90 Å². The fourth-order valence-electron chi connectivity index (χ4n) is 2.54. The van der Waals surface area contributed by atoms with Crippen LogP contribution in [0, 0.1) is 5.41 Å². The predicted molar refractivity (Wildman–Crippen MR) is 72.1 cm³/mol. The molecule has 0 saturated carbocycles. The summed E-state index contributed by atoms with van der Waals surface area (Å²) < 4.78 is 0. The fraction of sp³-hybridized carbons (Fsp3) is 0.500. The van der Waals surface area contributed by atoms with E-state index in [-0.39, 0.29) is 0 Å². The van der Waals surface area contributed by atoms with Crippen LogP contribution in [0.2, 0.25) is 5.02 Å². The van der Waals surface area contributed by atoms with E-state index >= 15 is 0 Å². The number of rotatable bonds is 2. The Hall–Kier alpha value is -1.02. The van der Waals surface area contributed by atoms with Gasteiger partial charge in [0.1, 0.15) is 0 Å². The first-order valence-electron chi connectivity index (χ1n) is 6.01. The van der Waals surface area contributed by atoms with Crippen molar-refractivity contribution in [3.63, 3.8) is 0 Å². The summed E-state index contributed by atoms with van der Waals surface area (Å²) in [6.45, 7) is 6.56. The summed E-state index contributed by atoms with van der Waals surface area (Å²) in [5, 5.41) is 0.618. The van der Waals surface area contributed by atoms with E-state index in [1.165, 1.54) is 12.8 Å². The van der Waals surface area contributed by atoms with E-state index in [2.05, 4.69) is 18.7 Å². The molecule has 0 aromatic heterocycles. The summed E-state index contributed by atoms with van der Waals surface area (Å²) in [6, 6.07) is 5.55. The lowest BCUT2D eigenvalue weighted by molar-refractivity contribution is 0.112. The van der Waals surface area contributed by atoms with Gasteiger partial charge in [-0.2, -0.15) is 0 Å². The highest BCUT2D eigenvalue weighted by atomic mass is 35.5. The molecule has 1 aromatic carbocycles. The SMILES string of the molecule is CC1(C)CCCN(c2ccc(Cl)cc2C=O)C1. The van der Waals surface area contributed by atoms with Crippen LogP contribution in [0.25, 0.3) is 0 Å². The van der Waals surface area contributed by atoms with Gasteiger partial charge in [0.25, 0.3) is 0 Å². The molecule has 1 aliphatic heterocycles. The van der Waals surface area contributed by atoms with Crippen LogP contribution in [0.4, 0.5) is 5.69 Å². The van der Waals surface area contributed by atoms with E-state index in [9.17, 15) is 4.79 Å². The maximum absolute atomic E-state index is 11.1. The van der Waals surface area contributed by atoms with Gasteiger partial charge in [0.2, 0.25) is 0 Å². The molecule has 92 valence electrons. The van der Waals surface area contributed by atoms with Gasteiger partial charge < -0.3 is 4.90 Å². The second-order valence-corrected chi connectivity index (χ2v) is 5.95. The van der Waals surface area contributed by atoms with Crippen molar-refractivity contribution in [2.24, 2.45) is 5.41 Å². The van der Waals surface area contributed by atoms with Gasteiger partial charge in [0, 0.05) is 29.4 Å². The lowest BCUT2D eigenvalue weighted by Gasteiger charge is -2.40.